The molecule has 2 aliphatic heterocycles. The third kappa shape index (κ3) is 8.02. The van der Waals surface area contributed by atoms with Gasteiger partial charge < -0.3 is 9.97 Å². The number of hydrogen-bond acceptors (Lipinski definition) is 2. The molecule has 2 aliphatic rings. The summed E-state index contributed by atoms with van der Waals surface area (Å²) in [4.78, 5) is 17.3. The Morgan fingerprint density at radius 1 is 0.277 bits per heavy atom. The van der Waals surface area contributed by atoms with Crippen LogP contribution in [0.25, 0.3) is 88.9 Å². The second kappa shape index (κ2) is 16.3. The van der Waals surface area contributed by atoms with Crippen LogP contribution in [-0.4, -0.2) is 34.7 Å². The Hall–Kier alpha value is -6.87. The molecule has 0 fully saturated rings. The van der Waals surface area contributed by atoms with Gasteiger partial charge in [0, 0.05) is 0 Å². The molecule has 0 unspecified atom stereocenters. The van der Waals surface area contributed by atoms with E-state index in [1.807, 2.05) is 0 Å². The summed E-state index contributed by atoms with van der Waals surface area (Å²) in [6.45, 7) is 0. The fourth-order valence-electron chi connectivity index (χ4n) is 8.07. The van der Waals surface area contributed by atoms with Crippen molar-refractivity contribution in [3.05, 3.63) is 168 Å². The smallest absolute Gasteiger partial charge is 0.657 e. The quantitative estimate of drug-likeness (QED) is 0.130. The van der Waals surface area contributed by atoms with E-state index >= 15 is 52.7 Å². The summed E-state index contributed by atoms with van der Waals surface area (Å²) in [5.74, 6) is 0. The average molecular weight is 943 g/mol. The van der Waals surface area contributed by atoms with Crippen LogP contribution in [0.2, 0.25) is 0 Å². The van der Waals surface area contributed by atoms with Gasteiger partial charge >= 0.3 is 41.2 Å². The van der Waals surface area contributed by atoms with E-state index in [0.717, 1.165) is 24.3 Å². The van der Waals surface area contributed by atoms with Gasteiger partial charge in [0.1, 0.15) is 0 Å². The van der Waals surface area contributed by atoms with Gasteiger partial charge in [0.15, 0.2) is 0 Å². The van der Waals surface area contributed by atoms with Gasteiger partial charge in [-0.2, -0.15) is 52.7 Å². The molecule has 8 bridgehead atoms. The fraction of sp³-hybridized carbons (Fsp3) is 0.0833. The zero-order chi connectivity index (χ0) is 45.3. The number of rotatable bonds is 4. The number of nitrogens with zero attached hydrogens (tertiary/aromatic N) is 4. The van der Waals surface area contributed by atoms with Crippen LogP contribution in [0.1, 0.15) is 22.8 Å². The molecule has 65 heavy (non-hydrogen) atoms. The van der Waals surface area contributed by atoms with E-state index < -0.39 is 114 Å². The van der Waals surface area contributed by atoms with Gasteiger partial charge in [-0.05, 0) is 44.5 Å². The third-order valence-corrected chi connectivity index (χ3v) is 10.5. The van der Waals surface area contributed by atoms with Crippen LogP contribution in [0.5, 0.6) is 0 Å². The Morgan fingerprint density at radius 3 is 0.631 bits per heavy atom. The molecule has 0 aliphatic carbocycles. The van der Waals surface area contributed by atoms with Crippen LogP contribution in [0.3, 0.4) is 0 Å². The number of fused-ring (bicyclic) bond motifs is 8. The van der Waals surface area contributed by atoms with Gasteiger partial charge in [-0.15, -0.1) is 22.1 Å². The first kappa shape index (κ1) is 44.7. The number of alkyl halides is 12. The molecule has 0 saturated carbocycles. The maximum Gasteiger partial charge on any atom is 2.00 e. The Bertz CT molecular complexity index is 2760. The van der Waals surface area contributed by atoms with Crippen LogP contribution in [0.4, 0.5) is 52.7 Å². The van der Waals surface area contributed by atoms with Gasteiger partial charge in [0.2, 0.25) is 0 Å². The molecule has 17 heteroatoms. The predicted molar refractivity (Wildman–Crippen MR) is 219 cm³/mol. The second-order valence-corrected chi connectivity index (χ2v) is 14.5. The number of halogens is 12. The minimum atomic E-state index is -5.74. The van der Waals surface area contributed by atoms with Crippen molar-refractivity contribution in [3.8, 4) is 44.5 Å². The summed E-state index contributed by atoms with van der Waals surface area (Å²) < 4.78 is 187. The largest absolute Gasteiger partial charge is 2.00 e. The van der Waals surface area contributed by atoms with Crippen molar-refractivity contribution in [1.82, 2.24) is 19.9 Å². The fourth-order valence-corrected chi connectivity index (χ4v) is 8.07. The normalized spacial score (nSPS) is 13.6. The van der Waals surface area contributed by atoms with Crippen molar-refractivity contribution >= 4 is 44.4 Å². The minimum absolute atomic E-state index is 0. The van der Waals surface area contributed by atoms with Gasteiger partial charge in [0.25, 0.3) is 0 Å². The van der Waals surface area contributed by atoms with E-state index in [9.17, 15) is 0 Å². The van der Waals surface area contributed by atoms with Crippen LogP contribution < -0.4 is 9.97 Å². The summed E-state index contributed by atoms with van der Waals surface area (Å²) in [6.07, 6.45) is -23.0. The summed E-state index contributed by atoms with van der Waals surface area (Å²) in [6, 6.07) is 31.5. The SMILES string of the molecule is FC(F)(F)C1=C(C(F)(F)F)c2nc1c(-c1ccccc1)c1ccc([n-]1)c(-c1ccccc1)c1nc(c(-c3ccccc3)c3ccc([n-]3)c2-c2ccccc2)C(C(F)(F)F)=C1C(F)(F)F.[Ni+2]. The average Bonchev–Trinajstić information content (AvgIpc) is 4.06. The zero-order valence-corrected chi connectivity index (χ0v) is 33.5. The van der Waals surface area contributed by atoms with Gasteiger partial charge in [0.05, 0.1) is 45.1 Å². The van der Waals surface area contributed by atoms with E-state index in [0.29, 0.717) is 0 Å². The molecule has 3 aromatic heterocycles. The minimum Gasteiger partial charge on any atom is -0.657 e. The molecule has 0 radical (unpaired) electrons. The van der Waals surface area contributed by atoms with Crippen molar-refractivity contribution in [3.63, 3.8) is 0 Å². The molecule has 4 nitrogen and oxygen atoms in total. The van der Waals surface area contributed by atoms with E-state index in [2.05, 4.69) is 19.9 Å². The molecular weight excluding hydrogens is 919 g/mol. The summed E-state index contributed by atoms with van der Waals surface area (Å²) in [5.41, 5.74) is -18.5. The maximum absolute atomic E-state index is 15.6. The van der Waals surface area contributed by atoms with Gasteiger partial charge in [-0.3, -0.25) is 0 Å². The number of aromatic nitrogens is 4. The molecule has 7 aromatic rings. The summed E-state index contributed by atoms with van der Waals surface area (Å²) in [5, 5.41) is 0. The van der Waals surface area contributed by atoms with Crippen LogP contribution >= 0.6 is 0 Å². The molecule has 9 rings (SSSR count). The molecule has 4 aromatic carbocycles. The predicted octanol–water partition coefficient (Wildman–Crippen LogP) is 14.3. The zero-order valence-electron chi connectivity index (χ0n) is 32.5. The molecule has 0 saturated heterocycles. The van der Waals surface area contributed by atoms with Crippen LogP contribution in [0.15, 0.2) is 146 Å². The van der Waals surface area contributed by atoms with Crippen molar-refractivity contribution in [1.29, 1.82) is 0 Å². The van der Waals surface area contributed by atoms with E-state index in [-0.39, 0.29) is 38.7 Å². The van der Waals surface area contributed by atoms with Crippen molar-refractivity contribution < 1.29 is 69.2 Å². The number of allylic oxidation sites excluding steroid dienone is 4. The van der Waals surface area contributed by atoms with Crippen LogP contribution in [-0.2, 0) is 16.5 Å². The van der Waals surface area contributed by atoms with Crippen molar-refractivity contribution in [2.75, 3.05) is 0 Å². The first-order valence-corrected chi connectivity index (χ1v) is 19.0. The standard InChI is InChI=1S/C48H24F12N4.Ni/c49-45(50,51)37-38(46(52,53)54)42-35(27-17-9-3-10-18-27)31-23-24-32(62-31)36(28-19-11-4-12-20-28)44-40(48(58,59)60)39(47(55,56)57)43(64-44)34(26-15-7-2-8-16-26)30-22-21-29(61-30)33(41(37)63-42)25-13-5-1-6-14-25;/h1-24H;/q-2;+2. The summed E-state index contributed by atoms with van der Waals surface area (Å²) >= 11 is 0. The Labute approximate surface area is 370 Å². The molecular formula is C48H24F12N4Ni. The van der Waals surface area contributed by atoms with Gasteiger partial charge in [-0.1, -0.05) is 146 Å². The first-order chi connectivity index (χ1) is 30.3. The molecule has 0 N–H and O–H groups in total. The van der Waals surface area contributed by atoms with Crippen molar-refractivity contribution in [2.24, 2.45) is 0 Å². The van der Waals surface area contributed by atoms with E-state index in [1.54, 1.807) is 0 Å². The van der Waals surface area contributed by atoms with E-state index in [4.69, 9.17) is 0 Å². The summed E-state index contributed by atoms with van der Waals surface area (Å²) in [7, 11) is 0. The molecule has 0 spiro atoms. The second-order valence-electron chi connectivity index (χ2n) is 14.5. The van der Waals surface area contributed by atoms with Crippen LogP contribution in [0, 0.1) is 0 Å². The maximum atomic E-state index is 15.6. The Morgan fingerprint density at radius 2 is 0.462 bits per heavy atom. The molecule has 0 atom stereocenters. The monoisotopic (exact) mass is 942 g/mol. The molecule has 330 valence electrons. The topological polar surface area (TPSA) is 54.0 Å². The number of benzene rings is 4. The molecule has 5 heterocycles. The van der Waals surface area contributed by atoms with Gasteiger partial charge in [-0.25, -0.2) is 9.97 Å². The Kier molecular flexibility index (Phi) is 11.2. The van der Waals surface area contributed by atoms with E-state index in [1.165, 1.54) is 121 Å². The first-order valence-electron chi connectivity index (χ1n) is 19.0. The molecule has 0 amide bonds. The number of hydrogen-bond donors (Lipinski definition) is 0. The third-order valence-electron chi connectivity index (χ3n) is 10.5. The van der Waals surface area contributed by atoms with Crippen molar-refractivity contribution in [2.45, 2.75) is 24.7 Å². The Balaban J connectivity index is 0.00000576.